The van der Waals surface area contributed by atoms with Gasteiger partial charge in [0.2, 0.25) is 0 Å². The lowest BCUT2D eigenvalue weighted by Gasteiger charge is -2.07. The number of hydrogen-bond acceptors (Lipinski definition) is 3. The first-order valence-corrected chi connectivity index (χ1v) is 8.12. The molecule has 1 heterocycles. The molecule has 2 rings (SSSR count). The maximum absolute atomic E-state index is 11.9. The Balaban J connectivity index is 1.92. The number of ketones is 1. The normalized spacial score (nSPS) is 21.9. The first kappa shape index (κ1) is 13.6. The summed E-state index contributed by atoms with van der Waals surface area (Å²) in [5.41, 5.74) is 0.810. The van der Waals surface area contributed by atoms with Crippen molar-refractivity contribution in [2.75, 3.05) is 11.5 Å². The molecule has 98 valence electrons. The number of hydrogen-bond donors (Lipinski definition) is 0. The molecule has 0 spiro atoms. The fourth-order valence-corrected chi connectivity index (χ4v) is 4.35. The van der Waals surface area contributed by atoms with Gasteiger partial charge in [0.15, 0.2) is 9.84 Å². The number of halogens is 1. The van der Waals surface area contributed by atoms with Crippen LogP contribution < -0.4 is 0 Å². The largest absolute Gasteiger partial charge is 0.299 e. The van der Waals surface area contributed by atoms with Gasteiger partial charge in [0.05, 0.1) is 11.5 Å². The Bertz CT molecular complexity index is 551. The molecular formula is C13H15ClO3S. The van der Waals surface area contributed by atoms with Crippen LogP contribution in [0.25, 0.3) is 0 Å². The number of rotatable bonds is 4. The lowest BCUT2D eigenvalue weighted by atomic mass is 9.98. The van der Waals surface area contributed by atoms with Crippen molar-refractivity contribution in [3.63, 3.8) is 0 Å². The van der Waals surface area contributed by atoms with Gasteiger partial charge in [-0.3, -0.25) is 4.79 Å². The van der Waals surface area contributed by atoms with Gasteiger partial charge >= 0.3 is 0 Å². The third kappa shape index (κ3) is 3.56. The van der Waals surface area contributed by atoms with Crippen molar-refractivity contribution in [2.24, 2.45) is 5.92 Å². The Morgan fingerprint density at radius 3 is 2.67 bits per heavy atom. The molecular weight excluding hydrogens is 272 g/mol. The van der Waals surface area contributed by atoms with E-state index < -0.39 is 9.84 Å². The van der Waals surface area contributed by atoms with Gasteiger partial charge in [0.1, 0.15) is 5.78 Å². The minimum absolute atomic E-state index is 0.00927. The number of carbonyl (C=O) groups excluding carboxylic acids is 1. The molecule has 1 saturated heterocycles. The van der Waals surface area contributed by atoms with E-state index in [1.165, 1.54) is 0 Å². The first-order chi connectivity index (χ1) is 8.46. The van der Waals surface area contributed by atoms with E-state index in [4.69, 9.17) is 11.6 Å². The summed E-state index contributed by atoms with van der Waals surface area (Å²) in [5, 5.41) is 0.588. The minimum Gasteiger partial charge on any atom is -0.299 e. The molecule has 1 unspecified atom stereocenters. The van der Waals surface area contributed by atoms with Gasteiger partial charge in [-0.15, -0.1) is 0 Å². The van der Waals surface area contributed by atoms with E-state index >= 15 is 0 Å². The van der Waals surface area contributed by atoms with Crippen molar-refractivity contribution >= 4 is 27.2 Å². The standard InChI is InChI=1S/C13H15ClO3S/c14-13-4-2-1-3-11(13)8-12(15)7-10-5-6-18(16,17)9-10/h1-4,10H,5-9H2. The summed E-state index contributed by atoms with van der Waals surface area (Å²) in [5.74, 6) is 0.424. The Morgan fingerprint density at radius 2 is 2.06 bits per heavy atom. The summed E-state index contributed by atoms with van der Waals surface area (Å²) in [6.45, 7) is 0. The van der Waals surface area contributed by atoms with Crippen LogP contribution >= 0.6 is 11.6 Å². The fraction of sp³-hybridized carbons (Fsp3) is 0.462. The third-order valence-electron chi connectivity index (χ3n) is 3.19. The van der Waals surface area contributed by atoms with Gasteiger partial charge in [-0.2, -0.15) is 0 Å². The zero-order valence-corrected chi connectivity index (χ0v) is 11.5. The smallest absolute Gasteiger partial charge is 0.150 e. The maximum Gasteiger partial charge on any atom is 0.150 e. The van der Waals surface area contributed by atoms with Crippen molar-refractivity contribution in [3.05, 3.63) is 34.9 Å². The van der Waals surface area contributed by atoms with Crippen LogP contribution in [-0.4, -0.2) is 25.7 Å². The number of sulfone groups is 1. The van der Waals surface area contributed by atoms with E-state index in [9.17, 15) is 13.2 Å². The molecule has 1 aromatic carbocycles. The van der Waals surface area contributed by atoms with Crippen molar-refractivity contribution in [2.45, 2.75) is 19.3 Å². The van der Waals surface area contributed by atoms with Crippen molar-refractivity contribution < 1.29 is 13.2 Å². The van der Waals surface area contributed by atoms with Crippen LogP contribution in [0, 0.1) is 5.92 Å². The molecule has 18 heavy (non-hydrogen) atoms. The number of benzene rings is 1. The highest BCUT2D eigenvalue weighted by molar-refractivity contribution is 7.91. The highest BCUT2D eigenvalue weighted by Gasteiger charge is 2.29. The van der Waals surface area contributed by atoms with Gasteiger partial charge in [-0.1, -0.05) is 29.8 Å². The van der Waals surface area contributed by atoms with Gasteiger partial charge < -0.3 is 0 Å². The Hall–Kier alpha value is -0.870. The van der Waals surface area contributed by atoms with Gasteiger partial charge in [-0.25, -0.2) is 8.42 Å². The topological polar surface area (TPSA) is 51.2 Å². The molecule has 1 aliphatic rings. The van der Waals surface area contributed by atoms with Crippen molar-refractivity contribution in [1.82, 2.24) is 0 Å². The Kier molecular flexibility index (Phi) is 4.07. The van der Waals surface area contributed by atoms with Gasteiger partial charge in [0, 0.05) is 17.9 Å². The van der Waals surface area contributed by atoms with Gasteiger partial charge in [0.25, 0.3) is 0 Å². The van der Waals surface area contributed by atoms with Crippen molar-refractivity contribution in [1.29, 1.82) is 0 Å². The molecule has 1 aromatic rings. The lowest BCUT2D eigenvalue weighted by molar-refractivity contribution is -0.119. The molecule has 1 atom stereocenters. The summed E-state index contributed by atoms with van der Waals surface area (Å²) < 4.78 is 22.6. The second-order valence-corrected chi connectivity index (χ2v) is 7.42. The molecule has 0 aliphatic carbocycles. The summed E-state index contributed by atoms with van der Waals surface area (Å²) >= 11 is 5.98. The fourth-order valence-electron chi connectivity index (χ4n) is 2.28. The summed E-state index contributed by atoms with van der Waals surface area (Å²) in [4.78, 5) is 11.9. The number of carbonyl (C=O) groups is 1. The Morgan fingerprint density at radius 1 is 1.33 bits per heavy atom. The van der Waals surface area contributed by atoms with E-state index in [1.807, 2.05) is 18.2 Å². The average Bonchev–Trinajstić information content (AvgIpc) is 2.61. The van der Waals surface area contributed by atoms with Crippen LogP contribution in [0.5, 0.6) is 0 Å². The molecule has 0 N–H and O–H groups in total. The zero-order valence-electron chi connectivity index (χ0n) is 9.93. The first-order valence-electron chi connectivity index (χ1n) is 5.92. The van der Waals surface area contributed by atoms with Crippen LogP contribution in [0.15, 0.2) is 24.3 Å². The molecule has 0 aromatic heterocycles. The molecule has 5 heteroatoms. The summed E-state index contributed by atoms with van der Waals surface area (Å²) in [6, 6.07) is 7.24. The molecule has 1 fully saturated rings. The molecule has 1 aliphatic heterocycles. The Labute approximate surface area is 112 Å². The quantitative estimate of drug-likeness (QED) is 0.853. The van der Waals surface area contributed by atoms with Crippen molar-refractivity contribution in [3.8, 4) is 0 Å². The predicted octanol–water partition coefficient (Wildman–Crippen LogP) is 2.28. The SMILES string of the molecule is O=C(Cc1ccccc1Cl)CC1CCS(=O)(=O)C1. The average molecular weight is 287 g/mol. The van der Waals surface area contributed by atoms with Gasteiger partial charge in [-0.05, 0) is 24.0 Å². The number of Topliss-reactive ketones (excluding diaryl/α,β-unsaturated/α-hetero) is 1. The molecule has 0 radical (unpaired) electrons. The van der Waals surface area contributed by atoms with Crippen LogP contribution in [0.4, 0.5) is 0 Å². The van der Waals surface area contributed by atoms with E-state index in [0.717, 1.165) is 5.56 Å². The molecule has 0 amide bonds. The van der Waals surface area contributed by atoms with E-state index in [2.05, 4.69) is 0 Å². The third-order valence-corrected chi connectivity index (χ3v) is 5.39. The van der Waals surface area contributed by atoms with E-state index in [0.29, 0.717) is 17.9 Å². The lowest BCUT2D eigenvalue weighted by Crippen LogP contribution is -2.12. The maximum atomic E-state index is 11.9. The van der Waals surface area contributed by atoms with Crippen LogP contribution in [0.3, 0.4) is 0 Å². The summed E-state index contributed by atoms with van der Waals surface area (Å²) in [7, 11) is -2.90. The monoisotopic (exact) mass is 286 g/mol. The molecule has 3 nitrogen and oxygen atoms in total. The molecule has 0 saturated carbocycles. The van der Waals surface area contributed by atoms with Crippen LogP contribution in [0.2, 0.25) is 5.02 Å². The zero-order chi connectivity index (χ0) is 13.2. The van der Waals surface area contributed by atoms with Crippen LogP contribution in [-0.2, 0) is 21.1 Å². The predicted molar refractivity (Wildman–Crippen MR) is 71.5 cm³/mol. The highest BCUT2D eigenvalue weighted by Crippen LogP contribution is 2.23. The molecule has 0 bridgehead atoms. The second kappa shape index (κ2) is 5.41. The second-order valence-electron chi connectivity index (χ2n) is 4.78. The highest BCUT2D eigenvalue weighted by atomic mass is 35.5. The summed E-state index contributed by atoms with van der Waals surface area (Å²) in [6.07, 6.45) is 1.23. The van der Waals surface area contributed by atoms with E-state index in [-0.39, 0.29) is 29.6 Å². The minimum atomic E-state index is -2.90. The van der Waals surface area contributed by atoms with Crippen LogP contribution in [0.1, 0.15) is 18.4 Å². The van der Waals surface area contributed by atoms with E-state index in [1.54, 1.807) is 6.07 Å².